The van der Waals surface area contributed by atoms with E-state index in [4.69, 9.17) is 0 Å². The molecule has 0 heterocycles. The topological polar surface area (TPSA) is 56.7 Å². The summed E-state index contributed by atoms with van der Waals surface area (Å²) in [5.41, 5.74) is 1.88. The van der Waals surface area contributed by atoms with Gasteiger partial charge in [-0.25, -0.2) is 4.99 Å². The fourth-order valence-corrected chi connectivity index (χ4v) is 3.97. The van der Waals surface area contributed by atoms with Crippen molar-refractivity contribution in [2.75, 3.05) is 18.8 Å². The first-order valence-electron chi connectivity index (χ1n) is 8.49. The minimum atomic E-state index is -0.598. The molecule has 6 heteroatoms. The van der Waals surface area contributed by atoms with Crippen LogP contribution in [-0.2, 0) is 6.54 Å². The number of nitrogens with one attached hydrogen (secondary N) is 2. The van der Waals surface area contributed by atoms with Crippen molar-refractivity contribution in [3.05, 3.63) is 35.4 Å². The molecule has 24 heavy (non-hydrogen) atoms. The van der Waals surface area contributed by atoms with Crippen LogP contribution in [-0.4, -0.2) is 40.8 Å². The maximum Gasteiger partial charge on any atom is 0.191 e. The Labute approximate surface area is 167 Å². The third-order valence-corrected chi connectivity index (χ3v) is 5.79. The minimum Gasteiger partial charge on any atom is -0.387 e. The number of nitrogens with zero attached hydrogens (tertiary/aromatic N) is 1. The zero-order valence-corrected chi connectivity index (χ0v) is 18.0. The molecule has 0 aromatic heterocycles. The quantitative estimate of drug-likeness (QED) is 0.330. The Morgan fingerprint density at radius 1 is 1.33 bits per heavy atom. The Balaban J connectivity index is 0.00000288. The number of thioether (sulfide) groups is 1. The Morgan fingerprint density at radius 2 is 2.08 bits per heavy atom. The minimum absolute atomic E-state index is 0. The zero-order valence-electron chi connectivity index (χ0n) is 14.8. The molecule has 1 aliphatic carbocycles. The number of aliphatic hydroxyl groups is 1. The Hall–Kier alpha value is -0.470. The van der Waals surface area contributed by atoms with Crippen molar-refractivity contribution in [3.63, 3.8) is 0 Å². The Morgan fingerprint density at radius 3 is 2.67 bits per heavy atom. The van der Waals surface area contributed by atoms with Gasteiger partial charge in [0.05, 0.1) is 12.1 Å². The van der Waals surface area contributed by atoms with Crippen molar-refractivity contribution in [2.24, 2.45) is 4.99 Å². The third kappa shape index (κ3) is 5.81. The van der Waals surface area contributed by atoms with Crippen molar-refractivity contribution in [1.29, 1.82) is 0 Å². The van der Waals surface area contributed by atoms with Crippen molar-refractivity contribution in [2.45, 2.75) is 51.0 Å². The molecule has 2 rings (SSSR count). The predicted molar refractivity (Wildman–Crippen MR) is 116 cm³/mol. The SMILES string of the molecule is CCNC(=NCc1ccccc1C)NCC1(O)CCC1SCC.I. The summed E-state index contributed by atoms with van der Waals surface area (Å²) in [4.78, 5) is 4.65. The van der Waals surface area contributed by atoms with E-state index in [1.165, 1.54) is 11.1 Å². The van der Waals surface area contributed by atoms with Gasteiger partial charge in [-0.1, -0.05) is 31.2 Å². The molecule has 0 spiro atoms. The normalized spacial score (nSPS) is 23.2. The smallest absolute Gasteiger partial charge is 0.191 e. The van der Waals surface area contributed by atoms with Gasteiger partial charge in [-0.2, -0.15) is 11.8 Å². The molecule has 0 aliphatic heterocycles. The van der Waals surface area contributed by atoms with Crippen molar-refractivity contribution in [1.82, 2.24) is 10.6 Å². The monoisotopic (exact) mass is 463 g/mol. The molecule has 136 valence electrons. The number of aryl methyl sites for hydroxylation is 1. The molecule has 0 bridgehead atoms. The summed E-state index contributed by atoms with van der Waals surface area (Å²) in [7, 11) is 0. The van der Waals surface area contributed by atoms with Crippen molar-refractivity contribution in [3.8, 4) is 0 Å². The van der Waals surface area contributed by atoms with E-state index in [0.717, 1.165) is 31.1 Å². The summed E-state index contributed by atoms with van der Waals surface area (Å²) in [6, 6.07) is 8.30. The molecule has 0 amide bonds. The van der Waals surface area contributed by atoms with Crippen LogP contribution < -0.4 is 10.6 Å². The van der Waals surface area contributed by atoms with Crippen LogP contribution in [0.2, 0.25) is 0 Å². The Bertz CT molecular complexity index is 541. The summed E-state index contributed by atoms with van der Waals surface area (Å²) >= 11 is 1.85. The van der Waals surface area contributed by atoms with Crippen molar-refractivity contribution < 1.29 is 5.11 Å². The summed E-state index contributed by atoms with van der Waals surface area (Å²) in [6.45, 7) is 8.32. The van der Waals surface area contributed by atoms with Crippen LogP contribution in [0.3, 0.4) is 0 Å². The van der Waals surface area contributed by atoms with Crippen LogP contribution in [0.1, 0.15) is 37.8 Å². The van der Waals surface area contributed by atoms with Gasteiger partial charge < -0.3 is 15.7 Å². The van der Waals surface area contributed by atoms with E-state index in [2.05, 4.69) is 48.5 Å². The van der Waals surface area contributed by atoms with Crippen LogP contribution in [0.4, 0.5) is 0 Å². The summed E-state index contributed by atoms with van der Waals surface area (Å²) < 4.78 is 0. The maximum atomic E-state index is 10.7. The molecule has 1 saturated carbocycles. The molecule has 1 aliphatic rings. The molecule has 2 atom stereocenters. The number of benzene rings is 1. The zero-order chi connectivity index (χ0) is 16.7. The fraction of sp³-hybridized carbons (Fsp3) is 0.611. The standard InChI is InChI=1S/C18H29N3OS.HI/c1-4-19-17(20-12-15-9-7-6-8-14(15)3)21-13-18(22)11-10-16(18)23-5-2;/h6-9,16,22H,4-5,10-13H2,1-3H3,(H2,19,20,21);1H. The number of hydrogen-bond acceptors (Lipinski definition) is 3. The van der Waals surface area contributed by atoms with Crippen LogP contribution in [0.25, 0.3) is 0 Å². The second kappa shape index (κ2) is 10.5. The lowest BCUT2D eigenvalue weighted by molar-refractivity contribution is -0.0198. The molecule has 0 radical (unpaired) electrons. The van der Waals surface area contributed by atoms with Crippen LogP contribution in [0, 0.1) is 6.92 Å². The highest BCUT2D eigenvalue weighted by Gasteiger charge is 2.45. The highest BCUT2D eigenvalue weighted by atomic mass is 127. The van der Waals surface area contributed by atoms with Gasteiger partial charge in [0.1, 0.15) is 0 Å². The molecule has 3 N–H and O–H groups in total. The number of hydrogen-bond donors (Lipinski definition) is 3. The lowest BCUT2D eigenvalue weighted by Gasteiger charge is -2.45. The second-order valence-electron chi connectivity index (χ2n) is 6.06. The number of halogens is 1. The van der Waals surface area contributed by atoms with E-state index in [0.29, 0.717) is 18.3 Å². The predicted octanol–water partition coefficient (Wildman–Crippen LogP) is 3.31. The van der Waals surface area contributed by atoms with Gasteiger partial charge in [-0.3, -0.25) is 0 Å². The summed E-state index contributed by atoms with van der Waals surface area (Å²) in [5.74, 6) is 1.82. The van der Waals surface area contributed by atoms with Gasteiger partial charge in [0.15, 0.2) is 5.96 Å². The van der Waals surface area contributed by atoms with Gasteiger partial charge in [-0.15, -0.1) is 24.0 Å². The van der Waals surface area contributed by atoms with E-state index in [1.807, 2.05) is 23.9 Å². The number of rotatable bonds is 7. The third-order valence-electron chi connectivity index (χ3n) is 4.38. The molecular weight excluding hydrogens is 433 g/mol. The first-order valence-corrected chi connectivity index (χ1v) is 9.54. The summed E-state index contributed by atoms with van der Waals surface area (Å²) in [6.07, 6.45) is 1.97. The second-order valence-corrected chi connectivity index (χ2v) is 7.54. The lowest BCUT2D eigenvalue weighted by Crippen LogP contribution is -2.58. The average Bonchev–Trinajstić information content (AvgIpc) is 2.55. The first kappa shape index (κ1) is 21.6. The lowest BCUT2D eigenvalue weighted by atomic mass is 9.79. The number of guanidine groups is 1. The van der Waals surface area contributed by atoms with E-state index in [9.17, 15) is 5.11 Å². The summed E-state index contributed by atoms with van der Waals surface area (Å²) in [5, 5.41) is 17.6. The maximum absolute atomic E-state index is 10.7. The van der Waals surface area contributed by atoms with E-state index in [-0.39, 0.29) is 24.0 Å². The van der Waals surface area contributed by atoms with E-state index < -0.39 is 5.60 Å². The largest absolute Gasteiger partial charge is 0.387 e. The molecule has 1 fully saturated rings. The molecular formula is C18H30IN3OS. The molecule has 4 nitrogen and oxygen atoms in total. The molecule has 1 aromatic rings. The van der Waals surface area contributed by atoms with E-state index in [1.54, 1.807) is 0 Å². The average molecular weight is 463 g/mol. The highest BCUT2D eigenvalue weighted by Crippen LogP contribution is 2.40. The van der Waals surface area contributed by atoms with Gasteiger partial charge in [0, 0.05) is 18.3 Å². The molecule has 1 aromatic carbocycles. The van der Waals surface area contributed by atoms with Gasteiger partial charge >= 0.3 is 0 Å². The fourth-order valence-electron chi connectivity index (χ4n) is 2.77. The van der Waals surface area contributed by atoms with Crippen LogP contribution in [0.15, 0.2) is 29.3 Å². The molecule has 0 saturated heterocycles. The van der Waals surface area contributed by atoms with Crippen molar-refractivity contribution >= 4 is 41.7 Å². The van der Waals surface area contributed by atoms with E-state index >= 15 is 0 Å². The Kier molecular flexibility index (Phi) is 9.44. The number of aliphatic imine (C=N–C) groups is 1. The highest BCUT2D eigenvalue weighted by molar-refractivity contribution is 14.0. The van der Waals surface area contributed by atoms with Gasteiger partial charge in [-0.05, 0) is 43.6 Å². The van der Waals surface area contributed by atoms with Gasteiger partial charge in [0.25, 0.3) is 0 Å². The van der Waals surface area contributed by atoms with Crippen LogP contribution >= 0.6 is 35.7 Å². The van der Waals surface area contributed by atoms with Gasteiger partial charge in [0.2, 0.25) is 0 Å². The first-order chi connectivity index (χ1) is 11.1. The molecule has 2 unspecified atom stereocenters. The van der Waals surface area contributed by atoms with Crippen LogP contribution in [0.5, 0.6) is 0 Å².